The molecular weight excluding hydrogens is 331 g/mol. The molecule has 8 heteroatoms. The second-order valence-corrected chi connectivity index (χ2v) is 5.63. The zero-order valence-electron chi connectivity index (χ0n) is 12.7. The van der Waals surface area contributed by atoms with Gasteiger partial charge in [0.1, 0.15) is 5.82 Å². The van der Waals surface area contributed by atoms with Crippen LogP contribution in [0.5, 0.6) is 0 Å². The third kappa shape index (κ3) is 2.42. The summed E-state index contributed by atoms with van der Waals surface area (Å²) in [4.78, 5) is 11.3. The van der Waals surface area contributed by atoms with E-state index in [4.69, 9.17) is 11.5 Å². The molecule has 0 aliphatic heterocycles. The van der Waals surface area contributed by atoms with Gasteiger partial charge in [0.2, 0.25) is 5.95 Å². The Bertz CT molecular complexity index is 1100. The lowest BCUT2D eigenvalue weighted by Gasteiger charge is -2.11. The van der Waals surface area contributed by atoms with Crippen molar-refractivity contribution >= 4 is 33.6 Å². The molecule has 0 radical (unpaired) electrons. The minimum atomic E-state index is -4.38. The maximum absolute atomic E-state index is 12.8. The molecule has 2 aromatic carbocycles. The van der Waals surface area contributed by atoms with Gasteiger partial charge in [-0.05, 0) is 29.8 Å². The topological polar surface area (TPSA) is 93.6 Å². The standard InChI is InChI=1S/C17H12F3N5/c18-17(19,20)9-3-1-8(2-4-9)11-7-12-13(10-5-6-23-14(10)11)15(21)25-16(22)24-12/h1-7,23H,(H4,21,22,24,25). The van der Waals surface area contributed by atoms with Gasteiger partial charge in [-0.1, -0.05) is 12.1 Å². The molecule has 0 fully saturated rings. The maximum atomic E-state index is 12.8. The lowest BCUT2D eigenvalue weighted by Crippen LogP contribution is -2.04. The molecule has 0 bridgehead atoms. The van der Waals surface area contributed by atoms with E-state index < -0.39 is 11.7 Å². The predicted octanol–water partition coefficient (Wildman–Crippen LogP) is 3.96. The number of anilines is 2. The van der Waals surface area contributed by atoms with Gasteiger partial charge in [-0.2, -0.15) is 18.2 Å². The highest BCUT2D eigenvalue weighted by molar-refractivity contribution is 6.15. The predicted molar refractivity (Wildman–Crippen MR) is 90.7 cm³/mol. The number of nitrogen functional groups attached to an aromatic ring is 2. The van der Waals surface area contributed by atoms with Crippen LogP contribution in [0.4, 0.5) is 24.9 Å². The van der Waals surface area contributed by atoms with Gasteiger partial charge in [0, 0.05) is 17.1 Å². The number of H-pyrrole nitrogens is 1. The molecule has 4 rings (SSSR count). The summed E-state index contributed by atoms with van der Waals surface area (Å²) in [6.45, 7) is 0. The van der Waals surface area contributed by atoms with E-state index >= 15 is 0 Å². The van der Waals surface area contributed by atoms with Gasteiger partial charge in [0.05, 0.1) is 22.0 Å². The van der Waals surface area contributed by atoms with Crippen molar-refractivity contribution in [3.05, 3.63) is 48.2 Å². The summed E-state index contributed by atoms with van der Waals surface area (Å²) in [5, 5.41) is 1.44. The molecule has 0 aliphatic carbocycles. The normalized spacial score (nSPS) is 12.1. The molecule has 0 amide bonds. The molecule has 2 aromatic heterocycles. The highest BCUT2D eigenvalue weighted by atomic mass is 19.4. The van der Waals surface area contributed by atoms with Crippen LogP contribution >= 0.6 is 0 Å². The summed E-state index contributed by atoms with van der Waals surface area (Å²) in [7, 11) is 0. The number of fused-ring (bicyclic) bond motifs is 3. The lowest BCUT2D eigenvalue weighted by atomic mass is 9.99. The first-order valence-corrected chi connectivity index (χ1v) is 7.35. The molecule has 0 spiro atoms. The monoisotopic (exact) mass is 343 g/mol. The molecule has 0 atom stereocenters. The maximum Gasteiger partial charge on any atom is 0.416 e. The summed E-state index contributed by atoms with van der Waals surface area (Å²) >= 11 is 0. The van der Waals surface area contributed by atoms with Gasteiger partial charge >= 0.3 is 6.18 Å². The third-order valence-electron chi connectivity index (χ3n) is 4.07. The molecule has 0 unspecified atom stereocenters. The van der Waals surface area contributed by atoms with Crippen LogP contribution in [0.15, 0.2) is 42.6 Å². The Morgan fingerprint density at radius 3 is 2.36 bits per heavy atom. The van der Waals surface area contributed by atoms with Crippen molar-refractivity contribution in [2.75, 3.05) is 11.5 Å². The van der Waals surface area contributed by atoms with E-state index in [1.807, 2.05) is 6.07 Å². The number of hydrogen-bond acceptors (Lipinski definition) is 4. The van der Waals surface area contributed by atoms with Crippen LogP contribution < -0.4 is 11.5 Å². The summed E-state index contributed by atoms with van der Waals surface area (Å²) in [6.07, 6.45) is -2.65. The second kappa shape index (κ2) is 5.10. The Kier molecular flexibility index (Phi) is 3.11. The molecule has 5 N–H and O–H groups in total. The van der Waals surface area contributed by atoms with Gasteiger partial charge in [-0.3, -0.25) is 0 Å². The van der Waals surface area contributed by atoms with E-state index in [2.05, 4.69) is 15.0 Å². The number of nitrogens with two attached hydrogens (primary N) is 2. The number of benzene rings is 2. The number of aromatic amines is 1. The molecule has 0 saturated heterocycles. The quantitative estimate of drug-likeness (QED) is 0.488. The minimum absolute atomic E-state index is 0.0401. The average Bonchev–Trinajstić information content (AvgIpc) is 3.02. The number of nitrogens with zero attached hydrogens (tertiary/aromatic N) is 2. The van der Waals surface area contributed by atoms with E-state index in [1.54, 1.807) is 12.3 Å². The van der Waals surface area contributed by atoms with Crippen molar-refractivity contribution in [1.82, 2.24) is 15.0 Å². The van der Waals surface area contributed by atoms with Gasteiger partial charge in [-0.15, -0.1) is 0 Å². The summed E-state index contributed by atoms with van der Waals surface area (Å²) < 4.78 is 38.3. The Labute approximate surface area is 139 Å². The van der Waals surface area contributed by atoms with Crippen LogP contribution in [0.2, 0.25) is 0 Å². The Balaban J connectivity index is 1.99. The number of hydrogen-bond donors (Lipinski definition) is 3. The van der Waals surface area contributed by atoms with Crippen molar-refractivity contribution in [2.24, 2.45) is 0 Å². The molecule has 126 valence electrons. The van der Waals surface area contributed by atoms with Crippen LogP contribution in [0.3, 0.4) is 0 Å². The van der Waals surface area contributed by atoms with Crippen molar-refractivity contribution in [2.45, 2.75) is 6.18 Å². The Hall–Kier alpha value is -3.29. The zero-order chi connectivity index (χ0) is 17.8. The fourth-order valence-corrected chi connectivity index (χ4v) is 2.97. The fraction of sp³-hybridized carbons (Fsp3) is 0.0588. The Morgan fingerprint density at radius 1 is 0.960 bits per heavy atom. The van der Waals surface area contributed by atoms with Crippen LogP contribution in [-0.2, 0) is 6.18 Å². The molecule has 4 aromatic rings. The van der Waals surface area contributed by atoms with Crippen LogP contribution in [-0.4, -0.2) is 15.0 Å². The SMILES string of the molecule is Nc1nc(N)c2c(cc(-c3ccc(C(F)(F)F)cc3)c3[nH]ccc32)n1. The van der Waals surface area contributed by atoms with Crippen molar-refractivity contribution in [3.63, 3.8) is 0 Å². The third-order valence-corrected chi connectivity index (χ3v) is 4.07. The van der Waals surface area contributed by atoms with Crippen LogP contribution in [0, 0.1) is 0 Å². The molecule has 5 nitrogen and oxygen atoms in total. The number of nitrogens with one attached hydrogen (secondary N) is 1. The molecular formula is C17H12F3N5. The summed E-state index contributed by atoms with van der Waals surface area (Å²) in [6, 6.07) is 8.52. The number of alkyl halides is 3. The number of halogens is 3. The molecule has 0 aliphatic rings. The van der Waals surface area contributed by atoms with Crippen molar-refractivity contribution in [1.29, 1.82) is 0 Å². The fourth-order valence-electron chi connectivity index (χ4n) is 2.97. The van der Waals surface area contributed by atoms with Gasteiger partial charge in [-0.25, -0.2) is 4.98 Å². The van der Waals surface area contributed by atoms with E-state index in [1.165, 1.54) is 12.1 Å². The zero-order valence-corrected chi connectivity index (χ0v) is 12.7. The van der Waals surface area contributed by atoms with Crippen molar-refractivity contribution in [3.8, 4) is 11.1 Å². The average molecular weight is 343 g/mol. The minimum Gasteiger partial charge on any atom is -0.383 e. The van der Waals surface area contributed by atoms with E-state index in [9.17, 15) is 13.2 Å². The largest absolute Gasteiger partial charge is 0.416 e. The Morgan fingerprint density at radius 2 is 1.68 bits per heavy atom. The van der Waals surface area contributed by atoms with Crippen LogP contribution in [0.1, 0.15) is 5.56 Å². The highest BCUT2D eigenvalue weighted by Gasteiger charge is 2.30. The van der Waals surface area contributed by atoms with Crippen LogP contribution in [0.25, 0.3) is 32.9 Å². The first kappa shape index (κ1) is 15.3. The van der Waals surface area contributed by atoms with Crippen molar-refractivity contribution < 1.29 is 13.2 Å². The summed E-state index contributed by atoms with van der Waals surface area (Å²) in [5.41, 5.74) is 13.5. The van der Waals surface area contributed by atoms with E-state index in [0.29, 0.717) is 22.0 Å². The smallest absolute Gasteiger partial charge is 0.383 e. The molecule has 25 heavy (non-hydrogen) atoms. The summed E-state index contributed by atoms with van der Waals surface area (Å²) in [5.74, 6) is 0.296. The van der Waals surface area contributed by atoms with E-state index in [0.717, 1.165) is 23.0 Å². The van der Waals surface area contributed by atoms with Gasteiger partial charge in [0.25, 0.3) is 0 Å². The first-order chi connectivity index (χ1) is 11.8. The van der Waals surface area contributed by atoms with E-state index in [-0.39, 0.29) is 11.8 Å². The number of aromatic nitrogens is 3. The highest BCUT2D eigenvalue weighted by Crippen LogP contribution is 2.37. The molecule has 0 saturated carbocycles. The molecule has 2 heterocycles. The first-order valence-electron chi connectivity index (χ1n) is 7.35. The van der Waals surface area contributed by atoms with Gasteiger partial charge in [0.15, 0.2) is 0 Å². The second-order valence-electron chi connectivity index (χ2n) is 5.63. The number of rotatable bonds is 1. The van der Waals surface area contributed by atoms with Gasteiger partial charge < -0.3 is 16.5 Å². The lowest BCUT2D eigenvalue weighted by molar-refractivity contribution is -0.137.